The minimum Gasteiger partial charge on any atom is -0.264 e. The maximum atomic E-state index is 5.19. The van der Waals surface area contributed by atoms with E-state index in [2.05, 4.69) is 89.9 Å². The van der Waals surface area contributed by atoms with Crippen LogP contribution in [-0.2, 0) is 0 Å². The van der Waals surface area contributed by atoms with Crippen molar-refractivity contribution in [2.75, 3.05) is 0 Å². The van der Waals surface area contributed by atoms with E-state index in [0.717, 1.165) is 70.5 Å². The lowest BCUT2D eigenvalue weighted by Gasteiger charge is -2.14. The number of pyridine rings is 1. The molecule has 0 saturated heterocycles. The topological polar surface area (TPSA) is 64.5 Å². The Morgan fingerprint density at radius 2 is 0.959 bits per heavy atom. The zero-order valence-electron chi connectivity index (χ0n) is 26.2. The summed E-state index contributed by atoms with van der Waals surface area (Å²) in [6, 6.07) is 52.0. The third-order valence-electron chi connectivity index (χ3n) is 8.63. The highest BCUT2D eigenvalue weighted by Gasteiger charge is 2.18. The molecule has 0 saturated carbocycles. The Morgan fingerprint density at radius 3 is 1.63 bits per heavy atom. The minimum atomic E-state index is 0.605. The normalized spacial score (nSPS) is 11.3. The summed E-state index contributed by atoms with van der Waals surface area (Å²) in [6.45, 7) is 0. The molecule has 3 heterocycles. The van der Waals surface area contributed by atoms with Gasteiger partial charge in [-0.25, -0.2) is 19.9 Å². The van der Waals surface area contributed by atoms with Crippen LogP contribution in [0.2, 0.25) is 0 Å². The zero-order chi connectivity index (χ0) is 32.6. The fraction of sp³-hybridized carbons (Fsp3) is 0. The Morgan fingerprint density at radius 1 is 0.408 bits per heavy atom. The van der Waals surface area contributed by atoms with Gasteiger partial charge in [0, 0.05) is 45.6 Å². The molecule has 0 atom stereocenters. The van der Waals surface area contributed by atoms with Crippen molar-refractivity contribution in [3.63, 3.8) is 0 Å². The summed E-state index contributed by atoms with van der Waals surface area (Å²) in [7, 11) is 0. The van der Waals surface area contributed by atoms with Crippen molar-refractivity contribution in [2.24, 2.45) is 0 Å². The van der Waals surface area contributed by atoms with E-state index in [1.54, 1.807) is 11.3 Å². The highest BCUT2D eigenvalue weighted by Crippen LogP contribution is 2.40. The van der Waals surface area contributed by atoms with E-state index >= 15 is 0 Å². The molecule has 0 N–H and O–H groups in total. The molecular formula is C43H27N5S. The number of para-hydroxylation sites is 1. The number of thiazole rings is 1. The molecule has 230 valence electrons. The van der Waals surface area contributed by atoms with E-state index in [9.17, 15) is 0 Å². The highest BCUT2D eigenvalue weighted by molar-refractivity contribution is 7.21. The second-order valence-electron chi connectivity index (χ2n) is 11.8. The lowest BCUT2D eigenvalue weighted by atomic mass is 9.93. The predicted molar refractivity (Wildman–Crippen MR) is 201 cm³/mol. The van der Waals surface area contributed by atoms with Crippen molar-refractivity contribution in [3.8, 4) is 67.0 Å². The van der Waals surface area contributed by atoms with E-state index in [4.69, 9.17) is 19.9 Å². The summed E-state index contributed by atoms with van der Waals surface area (Å²) < 4.78 is 1.14. The monoisotopic (exact) mass is 645 g/mol. The lowest BCUT2D eigenvalue weighted by Crippen LogP contribution is -2.00. The van der Waals surface area contributed by atoms with Gasteiger partial charge in [-0.2, -0.15) is 0 Å². The van der Waals surface area contributed by atoms with Gasteiger partial charge in [0.15, 0.2) is 17.5 Å². The van der Waals surface area contributed by atoms with Gasteiger partial charge in [0.2, 0.25) is 0 Å². The average Bonchev–Trinajstić information content (AvgIpc) is 3.63. The van der Waals surface area contributed by atoms with Crippen LogP contribution in [-0.4, -0.2) is 24.9 Å². The summed E-state index contributed by atoms with van der Waals surface area (Å²) >= 11 is 1.71. The fourth-order valence-corrected chi connectivity index (χ4v) is 7.26. The van der Waals surface area contributed by atoms with Crippen LogP contribution in [0.4, 0.5) is 0 Å². The lowest BCUT2D eigenvalue weighted by molar-refractivity contribution is 1.07. The van der Waals surface area contributed by atoms with Gasteiger partial charge in [-0.1, -0.05) is 121 Å². The maximum Gasteiger partial charge on any atom is 0.164 e. The smallest absolute Gasteiger partial charge is 0.164 e. The summed E-state index contributed by atoms with van der Waals surface area (Å²) in [5.74, 6) is 1.86. The molecule has 0 aliphatic carbocycles. The first-order chi connectivity index (χ1) is 24.3. The van der Waals surface area contributed by atoms with Crippen molar-refractivity contribution < 1.29 is 0 Å². The molecule has 9 rings (SSSR count). The van der Waals surface area contributed by atoms with Crippen LogP contribution >= 0.6 is 11.3 Å². The molecule has 49 heavy (non-hydrogen) atoms. The first-order valence-corrected chi connectivity index (χ1v) is 16.9. The first-order valence-electron chi connectivity index (χ1n) is 16.1. The number of nitrogens with zero attached hydrogens (tertiary/aromatic N) is 5. The van der Waals surface area contributed by atoms with Crippen LogP contribution in [0, 0.1) is 0 Å². The number of benzene rings is 6. The molecule has 3 aromatic heterocycles. The van der Waals surface area contributed by atoms with Gasteiger partial charge >= 0.3 is 0 Å². The molecule has 0 aliphatic rings. The van der Waals surface area contributed by atoms with Gasteiger partial charge in [0.25, 0.3) is 0 Å². The molecule has 6 aromatic carbocycles. The van der Waals surface area contributed by atoms with Crippen molar-refractivity contribution in [1.29, 1.82) is 0 Å². The molecule has 0 fully saturated rings. The number of hydrogen-bond acceptors (Lipinski definition) is 6. The van der Waals surface area contributed by atoms with Crippen molar-refractivity contribution in [1.82, 2.24) is 24.9 Å². The molecule has 6 heteroatoms. The number of fused-ring (bicyclic) bond motifs is 2. The maximum absolute atomic E-state index is 5.19. The third-order valence-corrected chi connectivity index (χ3v) is 9.70. The van der Waals surface area contributed by atoms with Crippen molar-refractivity contribution in [3.05, 3.63) is 164 Å². The van der Waals surface area contributed by atoms with Gasteiger partial charge in [0.05, 0.1) is 10.2 Å². The quantitative estimate of drug-likeness (QED) is 0.180. The van der Waals surface area contributed by atoms with Gasteiger partial charge in [0.1, 0.15) is 5.01 Å². The molecule has 9 aromatic rings. The average molecular weight is 646 g/mol. The highest BCUT2D eigenvalue weighted by atomic mass is 32.1. The van der Waals surface area contributed by atoms with E-state index in [0.29, 0.717) is 17.5 Å². The molecule has 0 amide bonds. The van der Waals surface area contributed by atoms with E-state index in [-0.39, 0.29) is 0 Å². The fourth-order valence-electron chi connectivity index (χ4n) is 6.27. The van der Waals surface area contributed by atoms with Crippen LogP contribution in [0.15, 0.2) is 164 Å². The Bertz CT molecular complexity index is 2540. The summed E-state index contributed by atoms with van der Waals surface area (Å²) in [5, 5.41) is 3.21. The van der Waals surface area contributed by atoms with Crippen molar-refractivity contribution in [2.45, 2.75) is 0 Å². The second-order valence-corrected chi connectivity index (χ2v) is 12.8. The van der Waals surface area contributed by atoms with Crippen LogP contribution in [0.5, 0.6) is 0 Å². The van der Waals surface area contributed by atoms with Crippen LogP contribution in [0.1, 0.15) is 0 Å². The van der Waals surface area contributed by atoms with E-state index in [1.165, 1.54) is 0 Å². The molecule has 0 aliphatic heterocycles. The Labute approximate surface area is 287 Å². The predicted octanol–water partition coefficient (Wildman–Crippen LogP) is 11.0. The minimum absolute atomic E-state index is 0.605. The van der Waals surface area contributed by atoms with Gasteiger partial charge in [-0.05, 0) is 52.4 Å². The van der Waals surface area contributed by atoms with Crippen molar-refractivity contribution >= 4 is 32.3 Å². The first kappa shape index (κ1) is 28.8. The van der Waals surface area contributed by atoms with Crippen LogP contribution in [0.3, 0.4) is 0 Å². The zero-order valence-corrected chi connectivity index (χ0v) is 27.0. The molecule has 0 spiro atoms. The molecule has 0 unspecified atom stereocenters. The Kier molecular flexibility index (Phi) is 7.26. The molecule has 5 nitrogen and oxygen atoms in total. The summed E-state index contributed by atoms with van der Waals surface area (Å²) in [5.41, 5.74) is 9.11. The van der Waals surface area contributed by atoms with E-state index in [1.807, 2.05) is 79.1 Å². The number of hydrogen-bond donors (Lipinski definition) is 0. The third kappa shape index (κ3) is 5.54. The van der Waals surface area contributed by atoms with Gasteiger partial charge < -0.3 is 0 Å². The summed E-state index contributed by atoms with van der Waals surface area (Å²) in [4.78, 5) is 24.7. The largest absolute Gasteiger partial charge is 0.264 e. The molecule has 0 bridgehead atoms. The summed E-state index contributed by atoms with van der Waals surface area (Å²) in [6.07, 6.45) is 3.76. The number of rotatable bonds is 6. The molecule has 0 radical (unpaired) electrons. The van der Waals surface area contributed by atoms with Gasteiger partial charge in [-0.15, -0.1) is 11.3 Å². The number of aromatic nitrogens is 5. The van der Waals surface area contributed by atoms with Gasteiger partial charge in [-0.3, -0.25) is 4.98 Å². The SMILES string of the molecule is c1ccc(-c2nc(-c3ccccc3)nc(-c3cc(-c4cccc5cnccc45)cc(-c4cccc5sc(-c6ccccc6)nc45)c3)n2)cc1. The second kappa shape index (κ2) is 12.3. The standard InChI is InChI=1S/C43H27N5S/c1-4-12-28(13-5-1)40-46-41(29-14-6-2-7-15-29)48-42(47-40)34-25-32(35-19-10-18-31-27-44-23-22-36(31)35)24-33(26-34)37-20-11-21-38-39(37)45-43(49-38)30-16-8-3-9-17-30/h1-27H. The van der Waals surface area contributed by atoms with Crippen LogP contribution in [0.25, 0.3) is 88.0 Å². The van der Waals surface area contributed by atoms with Crippen LogP contribution < -0.4 is 0 Å². The Balaban J connectivity index is 1.30. The van der Waals surface area contributed by atoms with E-state index < -0.39 is 0 Å². The Hall–Kier alpha value is -6.37. The molecular weight excluding hydrogens is 619 g/mol.